The van der Waals surface area contributed by atoms with Crippen molar-refractivity contribution in [2.45, 2.75) is 20.0 Å². The third-order valence-electron chi connectivity index (χ3n) is 3.71. The highest BCUT2D eigenvalue weighted by Gasteiger charge is 2.31. The number of allylic oxidation sites excluding steroid dienone is 1. The van der Waals surface area contributed by atoms with Crippen LogP contribution in [0.2, 0.25) is 10.0 Å². The first-order valence-electron chi connectivity index (χ1n) is 7.86. The van der Waals surface area contributed by atoms with Crippen molar-refractivity contribution < 1.29 is 19.1 Å². The maximum atomic E-state index is 12.0. The van der Waals surface area contributed by atoms with E-state index in [2.05, 4.69) is 21.0 Å². The predicted octanol–water partition coefficient (Wildman–Crippen LogP) is 2.39. The number of nitrogens with two attached hydrogens (primary N) is 1. The molecule has 0 spiro atoms. The Morgan fingerprint density at radius 1 is 1.18 bits per heavy atom. The molecule has 1 fully saturated rings. The number of rotatable bonds is 3. The number of carbonyl (C=O) groups is 3. The topological polar surface area (TPSA) is 138 Å². The van der Waals surface area contributed by atoms with Gasteiger partial charge < -0.3 is 10.5 Å². The summed E-state index contributed by atoms with van der Waals surface area (Å²) in [5, 5.41) is 10.4. The standard InChI is InChI=1S/C16H14Cl2N6O4/c1-6(2)8-5-11(21-22-14(8)25)28-12-9(17)3-7(4-10(12)18)24-16(27)20-15(26)13(19)23-24/h3-5,13,23H,19H2,1-2H3,(H,20,26,27). The molecule has 28 heavy (non-hydrogen) atoms. The molecule has 2 heterocycles. The summed E-state index contributed by atoms with van der Waals surface area (Å²) in [4.78, 5) is 35.1. The second-order valence-electron chi connectivity index (χ2n) is 5.98. The molecule has 0 aromatic heterocycles. The highest BCUT2D eigenvalue weighted by Crippen LogP contribution is 2.39. The summed E-state index contributed by atoms with van der Waals surface area (Å²) in [5.41, 5.74) is 9.40. The van der Waals surface area contributed by atoms with Crippen molar-refractivity contribution in [3.63, 3.8) is 0 Å². The second kappa shape index (κ2) is 7.68. The number of hydrogen-bond donors (Lipinski definition) is 3. The van der Waals surface area contributed by atoms with Gasteiger partial charge in [-0.3, -0.25) is 14.9 Å². The Labute approximate surface area is 169 Å². The number of halogens is 2. The molecule has 1 atom stereocenters. The summed E-state index contributed by atoms with van der Waals surface area (Å²) in [6.07, 6.45) is 0.300. The molecule has 0 bridgehead atoms. The summed E-state index contributed by atoms with van der Waals surface area (Å²) in [7, 11) is 0. The van der Waals surface area contributed by atoms with Gasteiger partial charge in [0.1, 0.15) is 0 Å². The quantitative estimate of drug-likeness (QED) is 0.636. The normalized spacial score (nSPS) is 19.5. The van der Waals surface area contributed by atoms with Gasteiger partial charge in [-0.25, -0.2) is 9.80 Å². The minimum Gasteiger partial charge on any atom is -0.434 e. The number of hydrogen-bond acceptors (Lipinski definition) is 7. The van der Waals surface area contributed by atoms with Crippen molar-refractivity contribution in [3.8, 4) is 5.75 Å². The van der Waals surface area contributed by atoms with E-state index in [9.17, 15) is 14.4 Å². The summed E-state index contributed by atoms with van der Waals surface area (Å²) < 4.78 is 5.59. The Balaban J connectivity index is 1.89. The molecule has 0 radical (unpaired) electrons. The number of benzene rings is 1. The fourth-order valence-corrected chi connectivity index (χ4v) is 2.89. The van der Waals surface area contributed by atoms with Crippen LogP contribution < -0.4 is 26.2 Å². The number of carbonyl (C=O) groups excluding carboxylic acids is 3. The lowest BCUT2D eigenvalue weighted by atomic mass is 10.1. The van der Waals surface area contributed by atoms with Crippen molar-refractivity contribution in [3.05, 3.63) is 45.3 Å². The molecule has 4 amide bonds. The van der Waals surface area contributed by atoms with Crippen LogP contribution in [0.25, 0.3) is 0 Å². The highest BCUT2D eigenvalue weighted by molar-refractivity contribution is 6.37. The van der Waals surface area contributed by atoms with Crippen molar-refractivity contribution in [1.82, 2.24) is 10.7 Å². The van der Waals surface area contributed by atoms with E-state index < -0.39 is 24.0 Å². The minimum atomic E-state index is -1.13. The van der Waals surface area contributed by atoms with Gasteiger partial charge in [0.2, 0.25) is 5.88 Å². The number of amides is 4. The Morgan fingerprint density at radius 3 is 2.43 bits per heavy atom. The highest BCUT2D eigenvalue weighted by atomic mass is 35.5. The fraction of sp³-hybridized carbons (Fsp3) is 0.188. The zero-order valence-electron chi connectivity index (χ0n) is 14.6. The van der Waals surface area contributed by atoms with Crippen molar-refractivity contribution in [2.75, 3.05) is 5.01 Å². The van der Waals surface area contributed by atoms with Crippen LogP contribution in [0.3, 0.4) is 0 Å². The zero-order chi connectivity index (χ0) is 20.6. The molecular formula is C16H14Cl2N6O4. The van der Waals surface area contributed by atoms with E-state index in [1.54, 1.807) is 13.8 Å². The summed E-state index contributed by atoms with van der Waals surface area (Å²) in [5.74, 6) is -1.07. The predicted molar refractivity (Wildman–Crippen MR) is 101 cm³/mol. The number of anilines is 1. The maximum absolute atomic E-state index is 12.0. The Kier molecular flexibility index (Phi) is 5.47. The fourth-order valence-electron chi connectivity index (χ4n) is 2.34. The molecule has 12 heteroatoms. The third-order valence-corrected chi connectivity index (χ3v) is 4.27. The van der Waals surface area contributed by atoms with Gasteiger partial charge in [-0.2, -0.15) is 5.43 Å². The monoisotopic (exact) mass is 424 g/mol. The third kappa shape index (κ3) is 3.90. The van der Waals surface area contributed by atoms with E-state index in [0.29, 0.717) is 5.57 Å². The molecule has 2 aliphatic rings. The van der Waals surface area contributed by atoms with E-state index in [1.165, 1.54) is 18.2 Å². The summed E-state index contributed by atoms with van der Waals surface area (Å²) >= 11 is 12.5. The number of nitrogens with one attached hydrogen (secondary N) is 2. The largest absolute Gasteiger partial charge is 0.434 e. The van der Waals surface area contributed by atoms with E-state index >= 15 is 0 Å². The van der Waals surface area contributed by atoms with Gasteiger partial charge in [0, 0.05) is 11.6 Å². The van der Waals surface area contributed by atoms with Gasteiger partial charge in [-0.05, 0) is 26.0 Å². The molecule has 1 aromatic carbocycles. The first-order valence-corrected chi connectivity index (χ1v) is 8.62. The molecule has 0 aliphatic carbocycles. The van der Waals surface area contributed by atoms with Crippen molar-refractivity contribution >= 4 is 46.7 Å². The Hall–Kier alpha value is -2.79. The van der Waals surface area contributed by atoms with E-state index in [0.717, 1.165) is 10.6 Å². The van der Waals surface area contributed by atoms with Crippen molar-refractivity contribution in [2.24, 2.45) is 16.0 Å². The lowest BCUT2D eigenvalue weighted by Crippen LogP contribution is -2.67. The van der Waals surface area contributed by atoms with Gasteiger partial charge in [0.05, 0.1) is 15.7 Å². The SMILES string of the molecule is CC(C)=C1C=C(Oc2c(Cl)cc(N3NC(N)C(=O)NC3=O)cc2Cl)N=NC1=O. The van der Waals surface area contributed by atoms with Gasteiger partial charge in [0.25, 0.3) is 11.8 Å². The first-order chi connectivity index (χ1) is 13.2. The molecule has 4 N–H and O–H groups in total. The molecule has 1 saturated heterocycles. The average Bonchev–Trinajstić information content (AvgIpc) is 2.62. The van der Waals surface area contributed by atoms with Gasteiger partial charge in [-0.1, -0.05) is 28.8 Å². The van der Waals surface area contributed by atoms with Crippen LogP contribution in [0, 0.1) is 0 Å². The van der Waals surface area contributed by atoms with Crippen molar-refractivity contribution in [1.29, 1.82) is 0 Å². The lowest BCUT2D eigenvalue weighted by Gasteiger charge is -2.31. The van der Waals surface area contributed by atoms with E-state index in [1.807, 2.05) is 0 Å². The van der Waals surface area contributed by atoms with Crippen LogP contribution in [0.5, 0.6) is 5.75 Å². The molecule has 0 saturated carbocycles. The van der Waals surface area contributed by atoms with Crippen LogP contribution in [-0.4, -0.2) is 24.0 Å². The number of hydrazine groups is 1. The number of ether oxygens (including phenoxy) is 1. The molecule has 2 aliphatic heterocycles. The molecular weight excluding hydrogens is 411 g/mol. The molecule has 3 rings (SSSR count). The average molecular weight is 425 g/mol. The van der Waals surface area contributed by atoms with Gasteiger partial charge in [-0.15, -0.1) is 10.2 Å². The van der Waals surface area contributed by atoms with Crippen LogP contribution in [0.4, 0.5) is 10.5 Å². The maximum Gasteiger partial charge on any atom is 0.343 e. The summed E-state index contributed by atoms with van der Waals surface area (Å²) in [6, 6.07) is 2.01. The Morgan fingerprint density at radius 2 is 1.82 bits per heavy atom. The van der Waals surface area contributed by atoms with Crippen LogP contribution >= 0.6 is 23.2 Å². The molecule has 1 unspecified atom stereocenters. The number of imide groups is 1. The summed E-state index contributed by atoms with van der Waals surface area (Å²) in [6.45, 7) is 3.51. The molecule has 146 valence electrons. The number of nitrogens with zero attached hydrogens (tertiary/aromatic N) is 3. The zero-order valence-corrected chi connectivity index (χ0v) is 16.1. The lowest BCUT2D eigenvalue weighted by molar-refractivity contribution is -0.122. The number of urea groups is 1. The smallest absolute Gasteiger partial charge is 0.343 e. The second-order valence-corrected chi connectivity index (χ2v) is 6.79. The minimum absolute atomic E-state index is 0.0220. The van der Waals surface area contributed by atoms with Crippen LogP contribution in [0.1, 0.15) is 13.8 Å². The van der Waals surface area contributed by atoms with E-state index in [4.69, 9.17) is 33.7 Å². The van der Waals surface area contributed by atoms with E-state index in [-0.39, 0.29) is 27.4 Å². The van der Waals surface area contributed by atoms with Crippen LogP contribution in [-0.2, 0) is 9.59 Å². The first kappa shape index (κ1) is 20.0. The van der Waals surface area contributed by atoms with Gasteiger partial charge >= 0.3 is 6.03 Å². The number of azo groups is 1. The molecule has 10 nitrogen and oxygen atoms in total. The Bertz CT molecular complexity index is 960. The van der Waals surface area contributed by atoms with Crippen LogP contribution in [0.15, 0.2) is 45.5 Å². The molecule has 1 aromatic rings. The van der Waals surface area contributed by atoms with Gasteiger partial charge in [0.15, 0.2) is 11.9 Å².